The molecule has 0 N–H and O–H groups in total. The van der Waals surface area contributed by atoms with Crippen LogP contribution in [0.2, 0.25) is 0 Å². The fourth-order valence-electron chi connectivity index (χ4n) is 1.90. The van der Waals surface area contributed by atoms with Gasteiger partial charge in [-0.25, -0.2) is 13.4 Å². The first-order valence-corrected chi connectivity index (χ1v) is 8.33. The van der Waals surface area contributed by atoms with Gasteiger partial charge in [0.1, 0.15) is 5.82 Å². The summed E-state index contributed by atoms with van der Waals surface area (Å²) in [6, 6.07) is 0. The number of hydrogen-bond donors (Lipinski definition) is 0. The molecule has 0 saturated carbocycles. The van der Waals surface area contributed by atoms with E-state index in [2.05, 4.69) is 9.72 Å². The maximum atomic E-state index is 12.4. The first-order chi connectivity index (χ1) is 9.82. The van der Waals surface area contributed by atoms with Crippen LogP contribution in [-0.2, 0) is 26.1 Å². The zero-order valence-corrected chi connectivity index (χ0v) is 13.8. The molecule has 0 radical (unpaired) electrons. The molecule has 0 amide bonds. The van der Waals surface area contributed by atoms with Crippen molar-refractivity contribution in [2.45, 2.75) is 44.7 Å². The smallest absolute Gasteiger partial charge is 0.305 e. The van der Waals surface area contributed by atoms with Crippen molar-refractivity contribution in [2.75, 3.05) is 20.7 Å². The Kier molecular flexibility index (Phi) is 6.35. The van der Waals surface area contributed by atoms with Gasteiger partial charge in [-0.15, -0.1) is 0 Å². The average molecular weight is 317 g/mol. The summed E-state index contributed by atoms with van der Waals surface area (Å²) in [5, 5.41) is 0.0500. The van der Waals surface area contributed by atoms with Crippen molar-refractivity contribution in [2.24, 2.45) is 0 Å². The van der Waals surface area contributed by atoms with E-state index in [1.807, 2.05) is 11.5 Å². The van der Waals surface area contributed by atoms with Crippen LogP contribution in [-0.4, -0.2) is 48.9 Å². The molecule has 1 rings (SSSR count). The lowest BCUT2D eigenvalue weighted by Gasteiger charge is -2.14. The number of carbonyl (C=O) groups excluding carboxylic acids is 1. The second kappa shape index (κ2) is 7.56. The van der Waals surface area contributed by atoms with Gasteiger partial charge in [0.2, 0.25) is 0 Å². The Morgan fingerprint density at radius 1 is 1.48 bits per heavy atom. The van der Waals surface area contributed by atoms with Crippen LogP contribution in [0.5, 0.6) is 0 Å². The van der Waals surface area contributed by atoms with Gasteiger partial charge in [0, 0.05) is 32.8 Å². The molecule has 0 aliphatic heterocycles. The Morgan fingerprint density at radius 3 is 2.71 bits per heavy atom. The molecule has 0 unspecified atom stereocenters. The maximum Gasteiger partial charge on any atom is 0.305 e. The number of esters is 1. The fraction of sp³-hybridized carbons (Fsp3) is 0.692. The van der Waals surface area contributed by atoms with Crippen molar-refractivity contribution < 1.29 is 17.9 Å². The molecule has 0 atom stereocenters. The molecule has 0 aliphatic rings. The highest BCUT2D eigenvalue weighted by molar-refractivity contribution is 7.89. The summed E-state index contributed by atoms with van der Waals surface area (Å²) in [5.41, 5.74) is 0. The number of aromatic nitrogens is 2. The topological polar surface area (TPSA) is 81.5 Å². The SMILES string of the molecule is CCCn1cc(S(=O)(=O)N(C)CCCC(=O)OC)nc1C. The fourth-order valence-corrected chi connectivity index (χ4v) is 3.10. The molecule has 0 fully saturated rings. The van der Waals surface area contributed by atoms with E-state index in [1.165, 1.54) is 18.5 Å². The van der Waals surface area contributed by atoms with E-state index >= 15 is 0 Å². The second-order valence-corrected chi connectivity index (χ2v) is 6.82. The molecule has 21 heavy (non-hydrogen) atoms. The van der Waals surface area contributed by atoms with Gasteiger partial charge in [-0.05, 0) is 19.8 Å². The largest absolute Gasteiger partial charge is 0.469 e. The minimum absolute atomic E-state index is 0.0500. The Hall–Kier alpha value is -1.41. The van der Waals surface area contributed by atoms with Crippen molar-refractivity contribution in [1.29, 1.82) is 0 Å². The average Bonchev–Trinajstić information content (AvgIpc) is 2.81. The van der Waals surface area contributed by atoms with Gasteiger partial charge in [0.15, 0.2) is 5.03 Å². The van der Waals surface area contributed by atoms with Crippen molar-refractivity contribution in [3.05, 3.63) is 12.0 Å². The summed E-state index contributed by atoms with van der Waals surface area (Å²) in [6.45, 7) is 4.79. The van der Waals surface area contributed by atoms with Crippen LogP contribution in [0.1, 0.15) is 32.0 Å². The summed E-state index contributed by atoms with van der Waals surface area (Å²) < 4.78 is 32.3. The predicted octanol–water partition coefficient (Wildman–Crippen LogP) is 1.18. The molecule has 0 aliphatic carbocycles. The molecule has 1 heterocycles. The summed E-state index contributed by atoms with van der Waals surface area (Å²) in [7, 11) is -0.816. The van der Waals surface area contributed by atoms with Gasteiger partial charge in [0.05, 0.1) is 7.11 Å². The second-order valence-electron chi connectivity index (χ2n) is 4.83. The van der Waals surface area contributed by atoms with E-state index in [0.29, 0.717) is 12.2 Å². The highest BCUT2D eigenvalue weighted by Gasteiger charge is 2.24. The molecule has 120 valence electrons. The molecule has 0 aromatic carbocycles. The van der Waals surface area contributed by atoms with Gasteiger partial charge in [-0.3, -0.25) is 4.79 Å². The number of sulfonamides is 1. The molecule has 0 spiro atoms. The minimum atomic E-state index is -3.61. The third-order valence-electron chi connectivity index (χ3n) is 3.17. The summed E-state index contributed by atoms with van der Waals surface area (Å²) in [6.07, 6.45) is 3.08. The standard InChI is InChI=1S/C13H23N3O4S/c1-5-8-16-10-12(14-11(16)2)21(18,19)15(3)9-6-7-13(17)20-4/h10H,5-9H2,1-4H3. The van der Waals surface area contributed by atoms with Gasteiger partial charge in [0.25, 0.3) is 10.0 Å². The zero-order valence-electron chi connectivity index (χ0n) is 13.0. The third-order valence-corrected chi connectivity index (χ3v) is 4.90. The van der Waals surface area contributed by atoms with Gasteiger partial charge in [-0.2, -0.15) is 4.31 Å². The monoisotopic (exact) mass is 317 g/mol. The summed E-state index contributed by atoms with van der Waals surface area (Å²) >= 11 is 0. The van der Waals surface area contributed by atoms with Crippen LogP contribution in [0.15, 0.2) is 11.2 Å². The van der Waals surface area contributed by atoms with E-state index in [0.717, 1.165) is 13.0 Å². The first kappa shape index (κ1) is 17.6. The molecule has 1 aromatic rings. The lowest BCUT2D eigenvalue weighted by Crippen LogP contribution is -2.28. The van der Waals surface area contributed by atoms with Crippen LogP contribution < -0.4 is 0 Å². The molecule has 1 aromatic heterocycles. The summed E-state index contributed by atoms with van der Waals surface area (Å²) in [5.74, 6) is 0.335. The van der Waals surface area contributed by atoms with E-state index in [-0.39, 0.29) is 24.0 Å². The number of nitrogens with zero attached hydrogens (tertiary/aromatic N) is 3. The van der Waals surface area contributed by atoms with E-state index in [1.54, 1.807) is 13.1 Å². The number of imidazole rings is 1. The molecule has 7 nitrogen and oxygen atoms in total. The molecular formula is C13H23N3O4S. The number of carbonyl (C=O) groups is 1. The van der Waals surface area contributed by atoms with Crippen LogP contribution in [0.25, 0.3) is 0 Å². The Bertz CT molecular complexity index is 580. The van der Waals surface area contributed by atoms with Gasteiger partial charge >= 0.3 is 5.97 Å². The highest BCUT2D eigenvalue weighted by Crippen LogP contribution is 2.15. The number of methoxy groups -OCH3 is 1. The maximum absolute atomic E-state index is 12.4. The Labute approximate surface area is 126 Å². The number of hydrogen-bond acceptors (Lipinski definition) is 5. The Morgan fingerprint density at radius 2 is 2.14 bits per heavy atom. The third kappa shape index (κ3) is 4.53. The lowest BCUT2D eigenvalue weighted by atomic mass is 10.3. The lowest BCUT2D eigenvalue weighted by molar-refractivity contribution is -0.140. The van der Waals surface area contributed by atoms with Crippen LogP contribution >= 0.6 is 0 Å². The van der Waals surface area contributed by atoms with Gasteiger partial charge in [-0.1, -0.05) is 6.92 Å². The normalized spacial score (nSPS) is 11.9. The Balaban J connectivity index is 2.75. The van der Waals surface area contributed by atoms with Crippen LogP contribution in [0.3, 0.4) is 0 Å². The van der Waals surface area contributed by atoms with E-state index < -0.39 is 10.0 Å². The first-order valence-electron chi connectivity index (χ1n) is 6.89. The number of aryl methyl sites for hydroxylation is 2. The van der Waals surface area contributed by atoms with Crippen molar-refractivity contribution in [1.82, 2.24) is 13.9 Å². The molecule has 0 bridgehead atoms. The van der Waals surface area contributed by atoms with Crippen molar-refractivity contribution >= 4 is 16.0 Å². The van der Waals surface area contributed by atoms with Crippen LogP contribution in [0.4, 0.5) is 0 Å². The minimum Gasteiger partial charge on any atom is -0.469 e. The number of ether oxygens (including phenoxy) is 1. The molecular weight excluding hydrogens is 294 g/mol. The van der Waals surface area contributed by atoms with Gasteiger partial charge < -0.3 is 9.30 Å². The molecule has 0 saturated heterocycles. The highest BCUT2D eigenvalue weighted by atomic mass is 32.2. The van der Waals surface area contributed by atoms with Crippen LogP contribution in [0, 0.1) is 6.92 Å². The van der Waals surface area contributed by atoms with E-state index in [4.69, 9.17) is 0 Å². The van der Waals surface area contributed by atoms with Crippen molar-refractivity contribution in [3.8, 4) is 0 Å². The molecule has 8 heteroatoms. The van der Waals surface area contributed by atoms with Crippen molar-refractivity contribution in [3.63, 3.8) is 0 Å². The van der Waals surface area contributed by atoms with E-state index in [9.17, 15) is 13.2 Å². The zero-order chi connectivity index (χ0) is 16.0. The summed E-state index contributed by atoms with van der Waals surface area (Å²) in [4.78, 5) is 15.2. The predicted molar refractivity (Wildman–Crippen MR) is 78.3 cm³/mol. The quantitative estimate of drug-likeness (QED) is 0.672. The number of rotatable bonds is 8.